The molecular weight excluding hydrogens is 174 g/mol. The Balaban J connectivity index is 2.54. The minimum Gasteiger partial charge on any atom is -0.391 e. The average molecular weight is 199 g/mol. The lowest BCUT2D eigenvalue weighted by Gasteiger charge is -2.32. The summed E-state index contributed by atoms with van der Waals surface area (Å²) in [6.07, 6.45) is 2.12. The van der Waals surface area contributed by atoms with Crippen LogP contribution in [0.25, 0.3) is 0 Å². The molecule has 84 valence electrons. The van der Waals surface area contributed by atoms with Crippen molar-refractivity contribution < 1.29 is 5.11 Å². The lowest BCUT2D eigenvalue weighted by Crippen LogP contribution is -2.43. The molecule has 0 aromatic rings. The maximum absolute atomic E-state index is 10.2. The second kappa shape index (κ2) is 4.19. The second-order valence-electron chi connectivity index (χ2n) is 5.87. The zero-order valence-electron chi connectivity index (χ0n) is 10.2. The van der Waals surface area contributed by atoms with E-state index in [1.54, 1.807) is 0 Å². The van der Waals surface area contributed by atoms with E-state index in [0.29, 0.717) is 12.0 Å². The van der Waals surface area contributed by atoms with E-state index in [1.165, 1.54) is 0 Å². The van der Waals surface area contributed by atoms with Crippen LogP contribution in [-0.4, -0.2) is 35.7 Å². The van der Waals surface area contributed by atoms with Crippen LogP contribution in [0, 0.1) is 11.3 Å². The van der Waals surface area contributed by atoms with Crippen molar-refractivity contribution in [3.8, 4) is 0 Å². The largest absolute Gasteiger partial charge is 0.391 e. The summed E-state index contributed by atoms with van der Waals surface area (Å²) in [5, 5.41) is 10.2. The molecule has 2 nitrogen and oxygen atoms in total. The molecule has 0 radical (unpaired) electrons. The van der Waals surface area contributed by atoms with E-state index in [-0.39, 0.29) is 11.5 Å². The van der Waals surface area contributed by atoms with Gasteiger partial charge in [-0.2, -0.15) is 0 Å². The topological polar surface area (TPSA) is 23.5 Å². The van der Waals surface area contributed by atoms with E-state index in [2.05, 4.69) is 39.6 Å². The summed E-state index contributed by atoms with van der Waals surface area (Å²) in [5.74, 6) is 0.677. The maximum Gasteiger partial charge on any atom is 0.0746 e. The first kappa shape index (κ1) is 12.0. The van der Waals surface area contributed by atoms with E-state index in [9.17, 15) is 5.11 Å². The molecule has 1 saturated carbocycles. The molecule has 1 aliphatic rings. The molecule has 1 fully saturated rings. The highest BCUT2D eigenvalue weighted by Gasteiger charge is 2.42. The Morgan fingerprint density at radius 1 is 1.43 bits per heavy atom. The van der Waals surface area contributed by atoms with Crippen LogP contribution in [0.2, 0.25) is 0 Å². The van der Waals surface area contributed by atoms with Crippen molar-refractivity contribution in [1.29, 1.82) is 0 Å². The Morgan fingerprint density at radius 2 is 2.00 bits per heavy atom. The first-order valence-corrected chi connectivity index (χ1v) is 5.73. The van der Waals surface area contributed by atoms with Gasteiger partial charge in [0, 0.05) is 12.6 Å². The van der Waals surface area contributed by atoms with Gasteiger partial charge in [0.2, 0.25) is 0 Å². The molecular formula is C12H25NO. The molecule has 1 aliphatic carbocycles. The van der Waals surface area contributed by atoms with Crippen LogP contribution in [0.15, 0.2) is 0 Å². The lowest BCUT2D eigenvalue weighted by atomic mass is 9.88. The summed E-state index contributed by atoms with van der Waals surface area (Å²) in [6, 6.07) is 0.368. The standard InChI is InChI=1S/C12H25NO/c1-9(2)8-13(5)10-6-7-12(3,4)11(10)14/h9-11,14H,6-8H2,1-5H3. The van der Waals surface area contributed by atoms with E-state index in [0.717, 1.165) is 19.4 Å². The SMILES string of the molecule is CC(C)CN(C)C1CCC(C)(C)C1O. The fraction of sp³-hybridized carbons (Fsp3) is 1.00. The highest BCUT2D eigenvalue weighted by atomic mass is 16.3. The van der Waals surface area contributed by atoms with Gasteiger partial charge in [-0.3, -0.25) is 0 Å². The van der Waals surface area contributed by atoms with Crippen molar-refractivity contribution in [1.82, 2.24) is 4.90 Å². The lowest BCUT2D eigenvalue weighted by molar-refractivity contribution is 0.0202. The smallest absolute Gasteiger partial charge is 0.0746 e. The van der Waals surface area contributed by atoms with Crippen LogP contribution in [0.3, 0.4) is 0 Å². The normalized spacial score (nSPS) is 31.7. The van der Waals surface area contributed by atoms with Gasteiger partial charge in [-0.25, -0.2) is 0 Å². The summed E-state index contributed by atoms with van der Waals surface area (Å²) < 4.78 is 0. The third-order valence-corrected chi connectivity index (χ3v) is 3.47. The number of hydrogen-bond acceptors (Lipinski definition) is 2. The molecule has 0 amide bonds. The number of aliphatic hydroxyl groups excluding tert-OH is 1. The molecule has 2 heteroatoms. The fourth-order valence-electron chi connectivity index (χ4n) is 2.52. The van der Waals surface area contributed by atoms with Crippen LogP contribution in [0.4, 0.5) is 0 Å². The van der Waals surface area contributed by atoms with Crippen molar-refractivity contribution >= 4 is 0 Å². The minimum atomic E-state index is -0.161. The third kappa shape index (κ3) is 2.48. The predicted octanol–water partition coefficient (Wildman–Crippen LogP) is 2.12. The molecule has 0 spiro atoms. The molecule has 2 atom stereocenters. The zero-order valence-corrected chi connectivity index (χ0v) is 10.2. The minimum absolute atomic E-state index is 0.107. The molecule has 0 heterocycles. The molecule has 2 unspecified atom stereocenters. The number of rotatable bonds is 3. The number of likely N-dealkylation sites (N-methyl/N-ethyl adjacent to an activating group) is 1. The highest BCUT2D eigenvalue weighted by Crippen LogP contribution is 2.39. The molecule has 0 saturated heterocycles. The Hall–Kier alpha value is -0.0800. The van der Waals surface area contributed by atoms with Crippen molar-refractivity contribution in [2.75, 3.05) is 13.6 Å². The number of aliphatic hydroxyl groups is 1. The second-order valence-corrected chi connectivity index (χ2v) is 5.87. The first-order chi connectivity index (χ1) is 6.34. The Morgan fingerprint density at radius 3 is 2.36 bits per heavy atom. The quantitative estimate of drug-likeness (QED) is 0.752. The summed E-state index contributed by atoms with van der Waals surface area (Å²) in [7, 11) is 2.13. The van der Waals surface area contributed by atoms with Crippen molar-refractivity contribution in [3.05, 3.63) is 0 Å². The molecule has 0 bridgehead atoms. The molecule has 0 aromatic carbocycles. The Kier molecular flexibility index (Phi) is 3.59. The molecule has 1 rings (SSSR count). The van der Waals surface area contributed by atoms with Gasteiger partial charge in [-0.1, -0.05) is 27.7 Å². The summed E-state index contributed by atoms with van der Waals surface area (Å²) >= 11 is 0. The van der Waals surface area contributed by atoms with E-state index in [4.69, 9.17) is 0 Å². The van der Waals surface area contributed by atoms with Gasteiger partial charge in [0.05, 0.1) is 6.10 Å². The van der Waals surface area contributed by atoms with Crippen LogP contribution in [-0.2, 0) is 0 Å². The summed E-state index contributed by atoms with van der Waals surface area (Å²) in [4.78, 5) is 2.32. The van der Waals surface area contributed by atoms with Gasteiger partial charge in [0.15, 0.2) is 0 Å². The Labute approximate surface area is 88.3 Å². The third-order valence-electron chi connectivity index (χ3n) is 3.47. The zero-order chi connectivity index (χ0) is 10.9. The summed E-state index contributed by atoms with van der Waals surface area (Å²) in [6.45, 7) is 9.87. The molecule has 14 heavy (non-hydrogen) atoms. The van der Waals surface area contributed by atoms with Gasteiger partial charge in [0.25, 0.3) is 0 Å². The predicted molar refractivity (Wildman–Crippen MR) is 60.3 cm³/mol. The molecule has 0 aliphatic heterocycles. The maximum atomic E-state index is 10.2. The van der Waals surface area contributed by atoms with E-state index in [1.807, 2.05) is 0 Å². The van der Waals surface area contributed by atoms with Crippen molar-refractivity contribution in [2.45, 2.75) is 52.7 Å². The van der Waals surface area contributed by atoms with Crippen molar-refractivity contribution in [2.24, 2.45) is 11.3 Å². The van der Waals surface area contributed by atoms with Gasteiger partial charge in [0.1, 0.15) is 0 Å². The number of hydrogen-bond donors (Lipinski definition) is 1. The number of nitrogens with zero attached hydrogens (tertiary/aromatic N) is 1. The molecule has 1 N–H and O–H groups in total. The Bertz CT molecular complexity index is 189. The van der Waals surface area contributed by atoms with Gasteiger partial charge in [-0.15, -0.1) is 0 Å². The van der Waals surface area contributed by atoms with Crippen LogP contribution in [0.5, 0.6) is 0 Å². The van der Waals surface area contributed by atoms with E-state index >= 15 is 0 Å². The fourth-order valence-corrected chi connectivity index (χ4v) is 2.52. The summed E-state index contributed by atoms with van der Waals surface area (Å²) in [5.41, 5.74) is 0.107. The van der Waals surface area contributed by atoms with Crippen LogP contribution in [0.1, 0.15) is 40.5 Å². The van der Waals surface area contributed by atoms with Gasteiger partial charge >= 0.3 is 0 Å². The first-order valence-electron chi connectivity index (χ1n) is 5.73. The van der Waals surface area contributed by atoms with Crippen LogP contribution < -0.4 is 0 Å². The van der Waals surface area contributed by atoms with Crippen LogP contribution >= 0.6 is 0 Å². The highest BCUT2D eigenvalue weighted by molar-refractivity contribution is 4.95. The van der Waals surface area contributed by atoms with Gasteiger partial charge < -0.3 is 10.0 Å². The average Bonchev–Trinajstić information content (AvgIpc) is 2.26. The monoisotopic (exact) mass is 199 g/mol. The van der Waals surface area contributed by atoms with Gasteiger partial charge in [-0.05, 0) is 31.2 Å². The molecule has 0 aromatic heterocycles. The van der Waals surface area contributed by atoms with E-state index < -0.39 is 0 Å². The van der Waals surface area contributed by atoms with Crippen molar-refractivity contribution in [3.63, 3.8) is 0 Å².